The maximum Gasteiger partial charge on any atom is 0.223 e. The van der Waals surface area contributed by atoms with E-state index in [2.05, 4.69) is 86.4 Å². The van der Waals surface area contributed by atoms with Crippen LogP contribution >= 0.6 is 0 Å². The second-order valence-corrected chi connectivity index (χ2v) is 14.9. The van der Waals surface area contributed by atoms with Gasteiger partial charge in [0.2, 0.25) is 5.71 Å². The second-order valence-electron chi connectivity index (χ2n) is 14.9. The van der Waals surface area contributed by atoms with Gasteiger partial charge in [-0.3, -0.25) is 9.78 Å². The Morgan fingerprint density at radius 1 is 0.800 bits per heavy atom. The summed E-state index contributed by atoms with van der Waals surface area (Å²) in [5, 5.41) is 16.7. The first-order chi connectivity index (χ1) is 23.2. The maximum absolute atomic E-state index is 12.2. The van der Waals surface area contributed by atoms with E-state index >= 15 is 0 Å². The van der Waals surface area contributed by atoms with Gasteiger partial charge < -0.3 is 9.52 Å². The van der Waals surface area contributed by atoms with E-state index in [4.69, 9.17) is 9.40 Å². The summed E-state index contributed by atoms with van der Waals surface area (Å²) in [6, 6.07) is 26.9. The van der Waals surface area contributed by atoms with Gasteiger partial charge in [0.25, 0.3) is 0 Å². The average molecular weight is 848 g/mol. The smallest absolute Gasteiger partial charge is 0.223 e. The number of carbonyl (C=O) groups excluding carboxylic acids is 1. The molecule has 0 spiro atoms. The fourth-order valence-corrected chi connectivity index (χ4v) is 6.37. The monoisotopic (exact) mass is 848 g/mol. The summed E-state index contributed by atoms with van der Waals surface area (Å²) in [5.74, 6) is 0.975. The van der Waals surface area contributed by atoms with Gasteiger partial charge in [-0.15, -0.1) is 29.1 Å². The zero-order chi connectivity index (χ0) is 35.7. The van der Waals surface area contributed by atoms with Crippen LogP contribution in [0.3, 0.4) is 0 Å². The summed E-state index contributed by atoms with van der Waals surface area (Å²) in [6.45, 7) is 20.7. The Labute approximate surface area is 310 Å². The van der Waals surface area contributed by atoms with Crippen LogP contribution in [0.4, 0.5) is 0 Å². The van der Waals surface area contributed by atoms with Crippen molar-refractivity contribution in [2.24, 2.45) is 10.8 Å². The molecule has 2 aromatic heterocycles. The molecule has 0 fully saturated rings. The molecule has 1 N–H and O–H groups in total. The minimum Gasteiger partial charge on any atom is -0.512 e. The van der Waals surface area contributed by atoms with E-state index in [0.29, 0.717) is 11.5 Å². The van der Waals surface area contributed by atoms with Crippen LogP contribution in [-0.4, -0.2) is 20.9 Å². The van der Waals surface area contributed by atoms with E-state index < -0.39 is 0 Å². The van der Waals surface area contributed by atoms with Gasteiger partial charge in [0.1, 0.15) is 17.2 Å². The second kappa shape index (κ2) is 15.2. The molecule has 5 nitrogen and oxygen atoms in total. The molecule has 0 amide bonds. The maximum atomic E-state index is 12.2. The molecule has 0 saturated carbocycles. The molecule has 50 heavy (non-hydrogen) atoms. The Bertz CT molecular complexity index is 2180. The normalized spacial score (nSPS) is 12.6. The molecule has 6 aromatic rings. The first kappa shape index (κ1) is 38.9. The van der Waals surface area contributed by atoms with Crippen molar-refractivity contribution < 1.29 is 34.4 Å². The summed E-state index contributed by atoms with van der Waals surface area (Å²) in [4.78, 5) is 21.7. The number of hydrogen-bond acceptors (Lipinski definition) is 5. The number of aliphatic hydroxyl groups excluding tert-OH is 1. The van der Waals surface area contributed by atoms with Gasteiger partial charge in [-0.2, -0.15) is 4.98 Å². The Kier molecular flexibility index (Phi) is 11.8. The van der Waals surface area contributed by atoms with Gasteiger partial charge in [-0.25, -0.2) is 0 Å². The molecular formula is C44H51IrN2O3-. The molecule has 2 heterocycles. The zero-order valence-corrected chi connectivity index (χ0v) is 33.6. The third-order valence-corrected chi connectivity index (χ3v) is 10.8. The third-order valence-electron chi connectivity index (χ3n) is 10.8. The van der Waals surface area contributed by atoms with Crippen LogP contribution in [0.25, 0.3) is 54.9 Å². The van der Waals surface area contributed by atoms with E-state index in [1.54, 1.807) is 0 Å². The number of benzene rings is 4. The van der Waals surface area contributed by atoms with Crippen molar-refractivity contribution in [1.82, 2.24) is 9.97 Å². The fourth-order valence-electron chi connectivity index (χ4n) is 6.37. The average Bonchev–Trinajstić information content (AvgIpc) is 3.48. The Balaban J connectivity index is 0.000000269. The van der Waals surface area contributed by atoms with Gasteiger partial charge in [0.15, 0.2) is 5.78 Å². The molecular weight excluding hydrogens is 797 g/mol. The standard InChI is InChI=1S/C29H23N2O.C15H28O2.Ir/c1-17-30-26(20-15-19-10-6-7-11-21(19)24(16-20)29(2,3)4)25-23-14-13-18-9-5-8-12-22(18)27(23)32-28(25)31-17;1-7-14(5,8-2)12(16)11-13(17)15(6,9-3)10-4;/h5-14,16H,1-4H3;11,16H,7-10H2,1-6H3;/q-1;;/b;12-11-;. The minimum atomic E-state index is -0.337. The molecule has 0 aliphatic rings. The van der Waals surface area contributed by atoms with Crippen molar-refractivity contribution in [3.8, 4) is 11.3 Å². The van der Waals surface area contributed by atoms with Crippen molar-refractivity contribution in [3.63, 3.8) is 0 Å². The fraction of sp³-hybridized carbons (Fsp3) is 0.386. The molecule has 0 aliphatic carbocycles. The molecule has 1 radical (unpaired) electrons. The van der Waals surface area contributed by atoms with Crippen molar-refractivity contribution in [1.29, 1.82) is 0 Å². The van der Waals surface area contributed by atoms with Crippen molar-refractivity contribution in [2.75, 3.05) is 0 Å². The predicted molar refractivity (Wildman–Crippen MR) is 205 cm³/mol. The van der Waals surface area contributed by atoms with Crippen molar-refractivity contribution in [2.45, 2.75) is 100 Å². The van der Waals surface area contributed by atoms with Crippen molar-refractivity contribution >= 4 is 49.4 Å². The topological polar surface area (TPSA) is 76.2 Å². The van der Waals surface area contributed by atoms with E-state index in [9.17, 15) is 9.90 Å². The van der Waals surface area contributed by atoms with Crippen LogP contribution in [0.5, 0.6) is 0 Å². The first-order valence-electron chi connectivity index (χ1n) is 17.7. The largest absolute Gasteiger partial charge is 0.512 e. The van der Waals surface area contributed by atoms with Crippen LogP contribution in [0, 0.1) is 23.8 Å². The third kappa shape index (κ3) is 7.43. The summed E-state index contributed by atoms with van der Waals surface area (Å²) < 4.78 is 6.33. The number of nitrogens with zero attached hydrogens (tertiary/aromatic N) is 2. The molecule has 0 aliphatic heterocycles. The molecule has 0 saturated heterocycles. The number of hydrogen-bond donors (Lipinski definition) is 1. The summed E-state index contributed by atoms with van der Waals surface area (Å²) in [5.41, 5.74) is 3.99. The Morgan fingerprint density at radius 2 is 1.40 bits per heavy atom. The number of aliphatic hydroxyl groups is 1. The van der Waals surface area contributed by atoms with E-state index in [-0.39, 0.29) is 47.9 Å². The number of furan rings is 1. The summed E-state index contributed by atoms with van der Waals surface area (Å²) >= 11 is 0. The van der Waals surface area contributed by atoms with Gasteiger partial charge in [-0.05, 0) is 43.4 Å². The quantitative estimate of drug-likeness (QED) is 0.0938. The van der Waals surface area contributed by atoms with Crippen LogP contribution in [0.2, 0.25) is 0 Å². The summed E-state index contributed by atoms with van der Waals surface area (Å²) in [7, 11) is 0. The summed E-state index contributed by atoms with van der Waals surface area (Å²) in [6.07, 6.45) is 4.75. The molecule has 6 heteroatoms. The van der Waals surface area contributed by atoms with Crippen LogP contribution < -0.4 is 0 Å². The molecule has 0 atom stereocenters. The number of carbonyl (C=O) groups is 1. The molecule has 6 rings (SSSR count). The number of allylic oxidation sites excluding steroid dienone is 2. The predicted octanol–water partition coefficient (Wildman–Crippen LogP) is 12.4. The zero-order valence-electron chi connectivity index (χ0n) is 31.2. The van der Waals surface area contributed by atoms with Gasteiger partial charge >= 0.3 is 0 Å². The molecule has 0 unspecified atom stereocenters. The van der Waals surface area contributed by atoms with E-state index in [1.807, 2.05) is 60.6 Å². The van der Waals surface area contributed by atoms with E-state index in [1.165, 1.54) is 17.0 Å². The molecule has 4 aromatic carbocycles. The van der Waals surface area contributed by atoms with Gasteiger partial charge in [0.05, 0.1) is 0 Å². The van der Waals surface area contributed by atoms with Crippen LogP contribution in [0.1, 0.15) is 99.4 Å². The number of rotatable bonds is 8. The van der Waals surface area contributed by atoms with Gasteiger partial charge in [-0.1, -0.05) is 128 Å². The number of ketones is 1. The number of aryl methyl sites for hydroxylation is 1. The Hall–Kier alpha value is -3.86. The van der Waals surface area contributed by atoms with Crippen molar-refractivity contribution in [3.05, 3.63) is 96.0 Å². The molecule has 265 valence electrons. The first-order valence-corrected chi connectivity index (χ1v) is 17.7. The van der Waals surface area contributed by atoms with E-state index in [0.717, 1.165) is 69.5 Å². The SMILES string of the molecule is CCC(C)(CC)C(=O)/C=C(\O)C(C)(CC)CC.Cc1nc(-c2[c-]c3ccccc3c(C(C)(C)C)c2)c2c(n1)oc1c3ccccc3ccc12.[Ir]. The Morgan fingerprint density at radius 3 is 2.02 bits per heavy atom. The molecule has 0 bridgehead atoms. The van der Waals surface area contributed by atoms with Crippen LogP contribution in [-0.2, 0) is 30.3 Å². The minimum absolute atomic E-state index is 0. The number of aromatic nitrogens is 2. The van der Waals surface area contributed by atoms with Gasteiger partial charge in [0, 0.05) is 58.9 Å². The number of fused-ring (bicyclic) bond motifs is 6. The van der Waals surface area contributed by atoms with Crippen LogP contribution in [0.15, 0.2) is 83.0 Å².